The molecule has 22 heavy (non-hydrogen) atoms. The zero-order chi connectivity index (χ0) is 15.1. The molecule has 4 rings (SSSR count). The van der Waals surface area contributed by atoms with E-state index in [1.807, 2.05) is 54.6 Å². The Labute approximate surface area is 126 Å². The molecule has 0 atom stereocenters. The standard InChI is InChI=1S/C19H12O3/c20-19(21)13-10-8-12(9-11-13)14-5-3-6-16-15-4-1-2-7-17(15)22-18(14)16/h1-11H,(H,20,21). The molecule has 3 aromatic carbocycles. The summed E-state index contributed by atoms with van der Waals surface area (Å²) in [6.07, 6.45) is 0. The highest BCUT2D eigenvalue weighted by atomic mass is 16.4. The molecule has 0 unspecified atom stereocenters. The van der Waals surface area contributed by atoms with Gasteiger partial charge in [0.2, 0.25) is 0 Å². The van der Waals surface area contributed by atoms with Crippen LogP contribution in [-0.4, -0.2) is 11.1 Å². The van der Waals surface area contributed by atoms with E-state index in [2.05, 4.69) is 0 Å². The predicted molar refractivity (Wildman–Crippen MR) is 86.1 cm³/mol. The number of para-hydroxylation sites is 2. The van der Waals surface area contributed by atoms with E-state index in [-0.39, 0.29) is 5.56 Å². The Morgan fingerprint density at radius 1 is 0.818 bits per heavy atom. The highest BCUT2D eigenvalue weighted by molar-refractivity contribution is 6.09. The summed E-state index contributed by atoms with van der Waals surface area (Å²) in [5.41, 5.74) is 3.86. The lowest BCUT2D eigenvalue weighted by Crippen LogP contribution is -1.94. The SMILES string of the molecule is O=C(O)c1ccc(-c2cccc3c2oc2ccccc23)cc1. The summed E-state index contributed by atoms with van der Waals surface area (Å²) in [6, 6.07) is 20.8. The Balaban J connectivity index is 1.96. The number of carbonyl (C=O) groups is 1. The predicted octanol–water partition coefficient (Wildman–Crippen LogP) is 4.95. The third-order valence-electron chi connectivity index (χ3n) is 3.85. The van der Waals surface area contributed by atoms with Gasteiger partial charge >= 0.3 is 5.97 Å². The van der Waals surface area contributed by atoms with E-state index in [0.29, 0.717) is 0 Å². The molecule has 3 nitrogen and oxygen atoms in total. The Morgan fingerprint density at radius 2 is 1.55 bits per heavy atom. The molecule has 0 fully saturated rings. The Bertz CT molecular complexity index is 994. The number of furan rings is 1. The third-order valence-corrected chi connectivity index (χ3v) is 3.85. The van der Waals surface area contributed by atoms with E-state index in [4.69, 9.17) is 9.52 Å². The van der Waals surface area contributed by atoms with E-state index in [1.165, 1.54) is 0 Å². The summed E-state index contributed by atoms with van der Waals surface area (Å²) >= 11 is 0. The molecule has 1 heterocycles. The molecule has 0 spiro atoms. The van der Waals surface area contributed by atoms with E-state index in [1.54, 1.807) is 12.1 Å². The van der Waals surface area contributed by atoms with Crippen LogP contribution < -0.4 is 0 Å². The van der Waals surface area contributed by atoms with E-state index in [0.717, 1.165) is 33.1 Å². The quantitative estimate of drug-likeness (QED) is 0.567. The van der Waals surface area contributed by atoms with Crippen molar-refractivity contribution in [3.63, 3.8) is 0 Å². The summed E-state index contributed by atoms with van der Waals surface area (Å²) in [7, 11) is 0. The lowest BCUT2D eigenvalue weighted by Gasteiger charge is -2.03. The molecule has 0 amide bonds. The smallest absolute Gasteiger partial charge is 0.335 e. The molecule has 0 aliphatic carbocycles. The van der Waals surface area contributed by atoms with E-state index < -0.39 is 5.97 Å². The first-order chi connectivity index (χ1) is 10.7. The zero-order valence-electron chi connectivity index (χ0n) is 11.6. The third kappa shape index (κ3) is 1.87. The summed E-state index contributed by atoms with van der Waals surface area (Å²) in [5, 5.41) is 11.1. The number of carboxylic acid groups (broad SMARTS) is 1. The fourth-order valence-electron chi connectivity index (χ4n) is 2.77. The molecule has 0 radical (unpaired) electrons. The minimum Gasteiger partial charge on any atom is -0.478 e. The largest absolute Gasteiger partial charge is 0.478 e. The first-order valence-corrected chi connectivity index (χ1v) is 6.98. The van der Waals surface area contributed by atoms with Gasteiger partial charge in [0.05, 0.1) is 5.56 Å². The van der Waals surface area contributed by atoms with Crippen LogP contribution in [0.25, 0.3) is 33.1 Å². The molecule has 0 aliphatic heterocycles. The van der Waals surface area contributed by atoms with Crippen LogP contribution in [0.1, 0.15) is 10.4 Å². The second-order valence-corrected chi connectivity index (χ2v) is 5.16. The van der Waals surface area contributed by atoms with Crippen LogP contribution in [0.2, 0.25) is 0 Å². The number of aromatic carboxylic acids is 1. The van der Waals surface area contributed by atoms with Crippen LogP contribution in [-0.2, 0) is 0 Å². The molecule has 0 bridgehead atoms. The minimum atomic E-state index is -0.923. The van der Waals surface area contributed by atoms with Crippen LogP contribution in [0.4, 0.5) is 0 Å². The van der Waals surface area contributed by atoms with Crippen molar-refractivity contribution in [1.29, 1.82) is 0 Å². The van der Waals surface area contributed by atoms with Gasteiger partial charge in [-0.1, -0.05) is 48.5 Å². The van der Waals surface area contributed by atoms with Crippen molar-refractivity contribution >= 4 is 27.9 Å². The molecule has 0 saturated heterocycles. The first kappa shape index (κ1) is 12.7. The Kier molecular flexibility index (Phi) is 2.73. The fraction of sp³-hybridized carbons (Fsp3) is 0. The van der Waals surface area contributed by atoms with E-state index in [9.17, 15) is 4.79 Å². The number of hydrogen-bond acceptors (Lipinski definition) is 2. The highest BCUT2D eigenvalue weighted by Crippen LogP contribution is 2.35. The zero-order valence-corrected chi connectivity index (χ0v) is 11.6. The van der Waals surface area contributed by atoms with Crippen molar-refractivity contribution in [2.24, 2.45) is 0 Å². The average molecular weight is 288 g/mol. The topological polar surface area (TPSA) is 50.4 Å². The number of carboxylic acids is 1. The fourth-order valence-corrected chi connectivity index (χ4v) is 2.77. The Hall–Kier alpha value is -3.07. The van der Waals surface area contributed by atoms with Crippen LogP contribution in [0.3, 0.4) is 0 Å². The average Bonchev–Trinajstić information content (AvgIpc) is 2.93. The number of benzene rings is 3. The summed E-state index contributed by atoms with van der Waals surface area (Å²) < 4.78 is 6.00. The van der Waals surface area contributed by atoms with Crippen LogP contribution in [0, 0.1) is 0 Å². The van der Waals surface area contributed by atoms with Gasteiger partial charge in [0.15, 0.2) is 0 Å². The van der Waals surface area contributed by atoms with Gasteiger partial charge in [0.25, 0.3) is 0 Å². The molecule has 0 saturated carbocycles. The van der Waals surface area contributed by atoms with Crippen molar-refractivity contribution in [3.8, 4) is 11.1 Å². The molecule has 3 heteroatoms. The molecule has 1 aromatic heterocycles. The summed E-state index contributed by atoms with van der Waals surface area (Å²) in [6.45, 7) is 0. The second-order valence-electron chi connectivity index (χ2n) is 5.16. The van der Waals surface area contributed by atoms with Crippen LogP contribution in [0.15, 0.2) is 71.1 Å². The van der Waals surface area contributed by atoms with Crippen LogP contribution >= 0.6 is 0 Å². The van der Waals surface area contributed by atoms with Crippen molar-refractivity contribution in [2.75, 3.05) is 0 Å². The first-order valence-electron chi connectivity index (χ1n) is 6.98. The maximum atomic E-state index is 11.0. The molecule has 106 valence electrons. The van der Waals surface area contributed by atoms with Gasteiger partial charge in [-0.15, -0.1) is 0 Å². The summed E-state index contributed by atoms with van der Waals surface area (Å²) in [4.78, 5) is 11.0. The monoisotopic (exact) mass is 288 g/mol. The number of fused-ring (bicyclic) bond motifs is 3. The highest BCUT2D eigenvalue weighted by Gasteiger charge is 2.12. The van der Waals surface area contributed by atoms with Crippen molar-refractivity contribution in [3.05, 3.63) is 72.3 Å². The number of hydrogen-bond donors (Lipinski definition) is 1. The van der Waals surface area contributed by atoms with Crippen molar-refractivity contribution in [1.82, 2.24) is 0 Å². The second kappa shape index (κ2) is 4.74. The lowest BCUT2D eigenvalue weighted by atomic mass is 10.0. The maximum Gasteiger partial charge on any atom is 0.335 e. The van der Waals surface area contributed by atoms with E-state index >= 15 is 0 Å². The minimum absolute atomic E-state index is 0.278. The van der Waals surface area contributed by atoms with Crippen LogP contribution in [0.5, 0.6) is 0 Å². The molecular formula is C19H12O3. The van der Waals surface area contributed by atoms with Gasteiger partial charge in [0, 0.05) is 16.3 Å². The van der Waals surface area contributed by atoms with Gasteiger partial charge in [0.1, 0.15) is 11.2 Å². The Morgan fingerprint density at radius 3 is 2.32 bits per heavy atom. The van der Waals surface area contributed by atoms with Crippen molar-refractivity contribution < 1.29 is 14.3 Å². The van der Waals surface area contributed by atoms with Gasteiger partial charge < -0.3 is 9.52 Å². The molecule has 0 aliphatic rings. The normalized spacial score (nSPS) is 11.1. The summed E-state index contributed by atoms with van der Waals surface area (Å²) in [5.74, 6) is -0.923. The lowest BCUT2D eigenvalue weighted by molar-refractivity contribution is 0.0697. The van der Waals surface area contributed by atoms with Crippen molar-refractivity contribution in [2.45, 2.75) is 0 Å². The maximum absolute atomic E-state index is 11.0. The molecular weight excluding hydrogens is 276 g/mol. The van der Waals surface area contributed by atoms with Gasteiger partial charge in [-0.25, -0.2) is 4.79 Å². The molecule has 4 aromatic rings. The van der Waals surface area contributed by atoms with Gasteiger partial charge in [-0.3, -0.25) is 0 Å². The van der Waals surface area contributed by atoms with Gasteiger partial charge in [-0.2, -0.15) is 0 Å². The van der Waals surface area contributed by atoms with Gasteiger partial charge in [-0.05, 0) is 23.8 Å². The number of rotatable bonds is 2. The molecule has 1 N–H and O–H groups in total.